The molecule has 1 heterocycles. The molecule has 0 spiro atoms. The number of nitrogens with zero attached hydrogens (tertiary/aromatic N) is 2. The maximum absolute atomic E-state index is 5.81. The summed E-state index contributed by atoms with van der Waals surface area (Å²) in [6.07, 6.45) is 1.66. The van der Waals surface area contributed by atoms with Crippen LogP contribution in [0.15, 0.2) is 6.20 Å². The van der Waals surface area contributed by atoms with Crippen LogP contribution in [0.2, 0.25) is 5.02 Å². The average molecular weight is 185 g/mol. The van der Waals surface area contributed by atoms with Gasteiger partial charge in [-0.25, -0.2) is 9.97 Å². The van der Waals surface area contributed by atoms with E-state index in [1.807, 2.05) is 6.92 Å². The van der Waals surface area contributed by atoms with Gasteiger partial charge in [0.15, 0.2) is 0 Å². The van der Waals surface area contributed by atoms with E-state index < -0.39 is 0 Å². The quantitative estimate of drug-likeness (QED) is 0.620. The lowest BCUT2D eigenvalue weighted by molar-refractivity contribution is 0.543. The second-order valence-corrected chi connectivity index (χ2v) is 4.28. The van der Waals surface area contributed by atoms with Gasteiger partial charge < -0.3 is 0 Å². The molecule has 0 saturated heterocycles. The Morgan fingerprint density at radius 3 is 2.33 bits per heavy atom. The number of halogens is 1. The van der Waals surface area contributed by atoms with Crippen molar-refractivity contribution in [2.75, 3.05) is 0 Å². The Labute approximate surface area is 78.0 Å². The lowest BCUT2D eigenvalue weighted by atomic mass is 9.96. The third-order valence-electron chi connectivity index (χ3n) is 1.59. The normalized spacial score (nSPS) is 11.8. The molecule has 0 radical (unpaired) electrons. The smallest absolute Gasteiger partial charge is 0.133 e. The Morgan fingerprint density at radius 2 is 1.92 bits per heavy atom. The first kappa shape index (κ1) is 9.46. The summed E-state index contributed by atoms with van der Waals surface area (Å²) < 4.78 is 0. The highest BCUT2D eigenvalue weighted by atomic mass is 35.5. The molecule has 1 aromatic rings. The van der Waals surface area contributed by atoms with Crippen LogP contribution < -0.4 is 0 Å². The lowest BCUT2D eigenvalue weighted by Crippen LogP contribution is -2.16. The Bertz CT molecular complexity index is 289. The van der Waals surface area contributed by atoms with E-state index in [4.69, 9.17) is 11.6 Å². The zero-order valence-electron chi connectivity index (χ0n) is 7.85. The van der Waals surface area contributed by atoms with E-state index in [-0.39, 0.29) is 5.41 Å². The average Bonchev–Trinajstić information content (AvgIpc) is 1.92. The molecule has 0 fully saturated rings. The molecule has 12 heavy (non-hydrogen) atoms. The molecule has 0 aliphatic carbocycles. The van der Waals surface area contributed by atoms with E-state index in [0.717, 1.165) is 11.5 Å². The van der Waals surface area contributed by atoms with Gasteiger partial charge >= 0.3 is 0 Å². The summed E-state index contributed by atoms with van der Waals surface area (Å²) in [4.78, 5) is 8.47. The molecular formula is C9H13ClN2. The highest BCUT2D eigenvalue weighted by Crippen LogP contribution is 2.20. The van der Waals surface area contributed by atoms with Gasteiger partial charge in [0.05, 0.1) is 10.7 Å². The molecule has 0 aromatic carbocycles. The van der Waals surface area contributed by atoms with Gasteiger partial charge in [0.25, 0.3) is 0 Å². The predicted molar refractivity (Wildman–Crippen MR) is 50.5 cm³/mol. The van der Waals surface area contributed by atoms with Gasteiger partial charge in [-0.2, -0.15) is 0 Å². The largest absolute Gasteiger partial charge is 0.239 e. The number of aromatic nitrogens is 2. The number of rotatable bonds is 0. The van der Waals surface area contributed by atoms with Crippen LogP contribution in [0.25, 0.3) is 0 Å². The molecule has 66 valence electrons. The molecule has 0 aliphatic rings. The number of hydrogen-bond acceptors (Lipinski definition) is 2. The summed E-state index contributed by atoms with van der Waals surface area (Å²) in [6, 6.07) is 0. The Kier molecular flexibility index (Phi) is 2.38. The van der Waals surface area contributed by atoms with Crippen molar-refractivity contribution in [1.82, 2.24) is 9.97 Å². The highest BCUT2D eigenvalue weighted by molar-refractivity contribution is 6.31. The number of hydrogen-bond donors (Lipinski definition) is 0. The SMILES string of the molecule is Cc1nc(C(C)(C)C)ncc1Cl. The minimum absolute atomic E-state index is 0.00461. The van der Waals surface area contributed by atoms with Gasteiger partial charge in [0.2, 0.25) is 0 Å². The maximum atomic E-state index is 5.81. The summed E-state index contributed by atoms with van der Waals surface area (Å²) in [5.41, 5.74) is 0.839. The molecule has 2 nitrogen and oxygen atoms in total. The molecule has 0 unspecified atom stereocenters. The zero-order valence-corrected chi connectivity index (χ0v) is 8.61. The van der Waals surface area contributed by atoms with Crippen molar-refractivity contribution < 1.29 is 0 Å². The minimum atomic E-state index is -0.00461. The van der Waals surface area contributed by atoms with Crippen molar-refractivity contribution in [1.29, 1.82) is 0 Å². The summed E-state index contributed by atoms with van der Waals surface area (Å²) in [7, 11) is 0. The van der Waals surface area contributed by atoms with Gasteiger partial charge in [-0.05, 0) is 6.92 Å². The summed E-state index contributed by atoms with van der Waals surface area (Å²) in [5.74, 6) is 0.837. The maximum Gasteiger partial charge on any atom is 0.133 e. The van der Waals surface area contributed by atoms with Crippen molar-refractivity contribution in [3.63, 3.8) is 0 Å². The molecule has 3 heteroatoms. The fourth-order valence-electron chi connectivity index (χ4n) is 0.814. The zero-order chi connectivity index (χ0) is 9.35. The van der Waals surface area contributed by atoms with E-state index in [1.165, 1.54) is 0 Å². The molecule has 0 atom stereocenters. The first-order chi connectivity index (χ1) is 5.41. The third kappa shape index (κ3) is 1.95. The van der Waals surface area contributed by atoms with Gasteiger partial charge in [0.1, 0.15) is 5.82 Å². The van der Waals surface area contributed by atoms with Crippen LogP contribution in [0.1, 0.15) is 32.3 Å². The first-order valence-corrected chi connectivity index (χ1v) is 4.28. The number of aryl methyl sites for hydroxylation is 1. The molecule has 1 rings (SSSR count). The molecular weight excluding hydrogens is 172 g/mol. The van der Waals surface area contributed by atoms with E-state index in [9.17, 15) is 0 Å². The summed E-state index contributed by atoms with van der Waals surface area (Å²) in [6.45, 7) is 8.13. The minimum Gasteiger partial charge on any atom is -0.239 e. The molecule has 0 aliphatic heterocycles. The standard InChI is InChI=1S/C9H13ClN2/c1-6-7(10)5-11-8(12-6)9(2,3)4/h5H,1-4H3. The lowest BCUT2D eigenvalue weighted by Gasteiger charge is -2.16. The van der Waals surface area contributed by atoms with Crippen LogP contribution in [0.5, 0.6) is 0 Å². The highest BCUT2D eigenvalue weighted by Gasteiger charge is 2.17. The first-order valence-electron chi connectivity index (χ1n) is 3.91. The second-order valence-electron chi connectivity index (χ2n) is 3.88. The van der Waals surface area contributed by atoms with Gasteiger partial charge in [-0.3, -0.25) is 0 Å². The predicted octanol–water partition coefficient (Wildman–Crippen LogP) is 2.74. The molecule has 0 amide bonds. The van der Waals surface area contributed by atoms with E-state index in [2.05, 4.69) is 30.7 Å². The fourth-order valence-corrected chi connectivity index (χ4v) is 0.905. The molecule has 0 bridgehead atoms. The molecule has 0 N–H and O–H groups in total. The monoisotopic (exact) mass is 184 g/mol. The van der Waals surface area contributed by atoms with Crippen LogP contribution >= 0.6 is 11.6 Å². The van der Waals surface area contributed by atoms with E-state index in [1.54, 1.807) is 6.20 Å². The van der Waals surface area contributed by atoms with Gasteiger partial charge in [0, 0.05) is 11.6 Å². The van der Waals surface area contributed by atoms with E-state index in [0.29, 0.717) is 5.02 Å². The third-order valence-corrected chi connectivity index (χ3v) is 1.96. The van der Waals surface area contributed by atoms with Gasteiger partial charge in [-0.15, -0.1) is 0 Å². The topological polar surface area (TPSA) is 25.8 Å². The fraction of sp³-hybridized carbons (Fsp3) is 0.556. The molecule has 0 saturated carbocycles. The summed E-state index contributed by atoms with van der Waals surface area (Å²) >= 11 is 5.81. The Hall–Kier alpha value is -0.630. The Morgan fingerprint density at radius 1 is 1.33 bits per heavy atom. The van der Waals surface area contributed by atoms with Crippen LogP contribution in [0.4, 0.5) is 0 Å². The van der Waals surface area contributed by atoms with Crippen molar-refractivity contribution in [3.8, 4) is 0 Å². The van der Waals surface area contributed by atoms with Crippen LogP contribution in [0, 0.1) is 6.92 Å². The second kappa shape index (κ2) is 3.02. The molecule has 1 aromatic heterocycles. The van der Waals surface area contributed by atoms with Crippen molar-refractivity contribution in [2.24, 2.45) is 0 Å². The van der Waals surface area contributed by atoms with E-state index >= 15 is 0 Å². The van der Waals surface area contributed by atoms with Gasteiger partial charge in [-0.1, -0.05) is 32.4 Å². The summed E-state index contributed by atoms with van der Waals surface area (Å²) in [5, 5.41) is 0.628. The van der Waals surface area contributed by atoms with Crippen LogP contribution in [-0.2, 0) is 5.41 Å². The Balaban J connectivity index is 3.14. The van der Waals surface area contributed by atoms with Crippen molar-refractivity contribution in [3.05, 3.63) is 22.7 Å². The van der Waals surface area contributed by atoms with Crippen molar-refractivity contribution in [2.45, 2.75) is 33.1 Å². The van der Waals surface area contributed by atoms with Crippen LogP contribution in [-0.4, -0.2) is 9.97 Å². The van der Waals surface area contributed by atoms with Crippen molar-refractivity contribution >= 4 is 11.6 Å². The van der Waals surface area contributed by atoms with Crippen LogP contribution in [0.3, 0.4) is 0 Å².